The van der Waals surface area contributed by atoms with Gasteiger partial charge in [0.25, 0.3) is 0 Å². The van der Waals surface area contributed by atoms with Crippen molar-refractivity contribution in [1.82, 2.24) is 0 Å². The standard InChI is InChI=1S/C19H21NO2/c21-19(22-15-16-9-3-1-4-10-16)17-11-5-6-12-18(17)20-13-7-2-8-14-20/h1,3-6,9-12H,2,7-8,13-15H2. The largest absolute Gasteiger partial charge is 0.457 e. The maximum atomic E-state index is 12.4. The van der Waals surface area contributed by atoms with E-state index in [1.807, 2.05) is 54.6 Å². The number of hydrogen-bond acceptors (Lipinski definition) is 3. The summed E-state index contributed by atoms with van der Waals surface area (Å²) in [5.41, 5.74) is 2.67. The van der Waals surface area contributed by atoms with Gasteiger partial charge in [-0.2, -0.15) is 0 Å². The van der Waals surface area contributed by atoms with Crippen molar-refractivity contribution < 1.29 is 9.53 Å². The minimum absolute atomic E-state index is 0.245. The van der Waals surface area contributed by atoms with E-state index in [-0.39, 0.29) is 5.97 Å². The van der Waals surface area contributed by atoms with Crippen molar-refractivity contribution >= 4 is 11.7 Å². The van der Waals surface area contributed by atoms with Crippen molar-refractivity contribution in [3.63, 3.8) is 0 Å². The Morgan fingerprint density at radius 1 is 0.909 bits per heavy atom. The zero-order chi connectivity index (χ0) is 15.2. The molecule has 0 bridgehead atoms. The lowest BCUT2D eigenvalue weighted by molar-refractivity contribution is 0.0473. The highest BCUT2D eigenvalue weighted by Crippen LogP contribution is 2.25. The lowest BCUT2D eigenvalue weighted by atomic mass is 10.1. The topological polar surface area (TPSA) is 29.5 Å². The number of piperidine rings is 1. The lowest BCUT2D eigenvalue weighted by Crippen LogP contribution is -2.30. The Balaban J connectivity index is 1.72. The van der Waals surface area contributed by atoms with Crippen molar-refractivity contribution in [1.29, 1.82) is 0 Å². The molecule has 0 radical (unpaired) electrons. The molecule has 1 saturated heterocycles. The number of nitrogens with zero attached hydrogens (tertiary/aromatic N) is 1. The first-order valence-electron chi connectivity index (χ1n) is 7.89. The summed E-state index contributed by atoms with van der Waals surface area (Å²) < 4.78 is 5.48. The van der Waals surface area contributed by atoms with E-state index in [9.17, 15) is 4.79 Å². The van der Waals surface area contributed by atoms with Crippen LogP contribution in [0.5, 0.6) is 0 Å². The first-order valence-corrected chi connectivity index (χ1v) is 7.89. The smallest absolute Gasteiger partial charge is 0.340 e. The molecule has 1 fully saturated rings. The van der Waals surface area contributed by atoms with Crippen LogP contribution in [0.25, 0.3) is 0 Å². The summed E-state index contributed by atoms with van der Waals surface area (Å²) in [6.07, 6.45) is 3.65. The van der Waals surface area contributed by atoms with Crippen LogP contribution in [-0.2, 0) is 11.3 Å². The second-order valence-electron chi connectivity index (χ2n) is 5.63. The number of rotatable bonds is 4. The third kappa shape index (κ3) is 3.48. The highest BCUT2D eigenvalue weighted by molar-refractivity contribution is 5.95. The molecule has 2 aromatic carbocycles. The first kappa shape index (κ1) is 14.6. The molecule has 1 heterocycles. The molecule has 0 spiro atoms. The van der Waals surface area contributed by atoms with Crippen molar-refractivity contribution in [2.24, 2.45) is 0 Å². The number of carbonyl (C=O) groups is 1. The van der Waals surface area contributed by atoms with E-state index in [0.717, 1.165) is 24.3 Å². The van der Waals surface area contributed by atoms with Crippen LogP contribution in [0.15, 0.2) is 54.6 Å². The fraction of sp³-hybridized carbons (Fsp3) is 0.316. The molecule has 22 heavy (non-hydrogen) atoms. The van der Waals surface area contributed by atoms with E-state index in [2.05, 4.69) is 4.90 Å². The van der Waals surface area contributed by atoms with Crippen LogP contribution >= 0.6 is 0 Å². The van der Waals surface area contributed by atoms with E-state index in [1.54, 1.807) is 0 Å². The average molecular weight is 295 g/mol. The van der Waals surface area contributed by atoms with Gasteiger partial charge in [0.05, 0.1) is 11.3 Å². The van der Waals surface area contributed by atoms with Gasteiger partial charge in [-0.3, -0.25) is 0 Å². The van der Waals surface area contributed by atoms with E-state index in [0.29, 0.717) is 12.2 Å². The van der Waals surface area contributed by atoms with Crippen LogP contribution in [0.4, 0.5) is 5.69 Å². The van der Waals surface area contributed by atoms with Gasteiger partial charge in [-0.25, -0.2) is 4.79 Å². The minimum atomic E-state index is -0.245. The van der Waals surface area contributed by atoms with Gasteiger partial charge in [-0.1, -0.05) is 42.5 Å². The zero-order valence-corrected chi connectivity index (χ0v) is 12.7. The molecule has 3 heteroatoms. The molecule has 0 N–H and O–H groups in total. The van der Waals surface area contributed by atoms with E-state index >= 15 is 0 Å². The van der Waals surface area contributed by atoms with Gasteiger partial charge >= 0.3 is 5.97 Å². The Hall–Kier alpha value is -2.29. The number of carbonyl (C=O) groups excluding carboxylic acids is 1. The average Bonchev–Trinajstić information content (AvgIpc) is 2.61. The molecule has 0 atom stereocenters. The number of para-hydroxylation sites is 1. The van der Waals surface area contributed by atoms with Crippen molar-refractivity contribution in [3.8, 4) is 0 Å². The maximum absolute atomic E-state index is 12.4. The minimum Gasteiger partial charge on any atom is -0.457 e. The quantitative estimate of drug-likeness (QED) is 0.797. The molecule has 1 aliphatic heterocycles. The Morgan fingerprint density at radius 3 is 2.36 bits per heavy atom. The molecule has 0 aromatic heterocycles. The van der Waals surface area contributed by atoms with Crippen LogP contribution in [0.3, 0.4) is 0 Å². The van der Waals surface area contributed by atoms with E-state index in [4.69, 9.17) is 4.74 Å². The highest BCUT2D eigenvalue weighted by atomic mass is 16.5. The SMILES string of the molecule is O=C(OCc1ccccc1)c1ccccc1N1CCCCC1. The Kier molecular flexibility index (Phi) is 4.74. The summed E-state index contributed by atoms with van der Waals surface area (Å²) in [6, 6.07) is 17.5. The number of benzene rings is 2. The molecule has 0 aliphatic carbocycles. The van der Waals surface area contributed by atoms with Crippen molar-refractivity contribution in [2.45, 2.75) is 25.9 Å². The van der Waals surface area contributed by atoms with Gasteiger partial charge in [0, 0.05) is 13.1 Å². The number of hydrogen-bond donors (Lipinski definition) is 0. The van der Waals surface area contributed by atoms with Gasteiger partial charge < -0.3 is 9.64 Å². The number of esters is 1. The van der Waals surface area contributed by atoms with Gasteiger partial charge in [-0.15, -0.1) is 0 Å². The van der Waals surface area contributed by atoms with Crippen molar-refractivity contribution in [3.05, 3.63) is 65.7 Å². The maximum Gasteiger partial charge on any atom is 0.340 e. The lowest BCUT2D eigenvalue weighted by Gasteiger charge is -2.30. The highest BCUT2D eigenvalue weighted by Gasteiger charge is 2.18. The summed E-state index contributed by atoms with van der Waals surface area (Å²) in [5, 5.41) is 0. The van der Waals surface area contributed by atoms with Crippen LogP contribution in [-0.4, -0.2) is 19.1 Å². The van der Waals surface area contributed by atoms with Crippen LogP contribution in [0.1, 0.15) is 35.2 Å². The summed E-state index contributed by atoms with van der Waals surface area (Å²) in [4.78, 5) is 14.7. The molecule has 3 rings (SSSR count). The van der Waals surface area contributed by atoms with Crippen LogP contribution in [0.2, 0.25) is 0 Å². The molecule has 1 aliphatic rings. The fourth-order valence-corrected chi connectivity index (χ4v) is 2.86. The normalized spacial score (nSPS) is 14.6. The van der Waals surface area contributed by atoms with Gasteiger partial charge in [0.15, 0.2) is 0 Å². The Morgan fingerprint density at radius 2 is 1.59 bits per heavy atom. The monoisotopic (exact) mass is 295 g/mol. The van der Waals surface area contributed by atoms with E-state index < -0.39 is 0 Å². The predicted molar refractivity (Wildman–Crippen MR) is 88.1 cm³/mol. The molecule has 2 aromatic rings. The van der Waals surface area contributed by atoms with Crippen molar-refractivity contribution in [2.75, 3.05) is 18.0 Å². The van der Waals surface area contributed by atoms with E-state index in [1.165, 1.54) is 19.3 Å². The molecule has 3 nitrogen and oxygen atoms in total. The Bertz CT molecular complexity index is 618. The summed E-state index contributed by atoms with van der Waals surface area (Å²) >= 11 is 0. The third-order valence-corrected chi connectivity index (χ3v) is 4.03. The fourth-order valence-electron chi connectivity index (χ4n) is 2.86. The first-order chi connectivity index (χ1) is 10.8. The van der Waals surface area contributed by atoms with Crippen LogP contribution < -0.4 is 4.90 Å². The predicted octanol–water partition coefficient (Wildman–Crippen LogP) is 4.03. The molecular weight excluding hydrogens is 274 g/mol. The second kappa shape index (κ2) is 7.12. The molecule has 114 valence electrons. The summed E-state index contributed by atoms with van der Waals surface area (Å²) in [5.74, 6) is -0.245. The number of anilines is 1. The summed E-state index contributed by atoms with van der Waals surface area (Å²) in [6.45, 7) is 2.35. The van der Waals surface area contributed by atoms with Gasteiger partial charge in [0.2, 0.25) is 0 Å². The van der Waals surface area contributed by atoms with Gasteiger partial charge in [-0.05, 0) is 37.0 Å². The molecule has 0 unspecified atom stereocenters. The summed E-state index contributed by atoms with van der Waals surface area (Å²) in [7, 11) is 0. The van der Waals surface area contributed by atoms with Crippen LogP contribution in [0, 0.1) is 0 Å². The third-order valence-electron chi connectivity index (χ3n) is 4.03. The van der Waals surface area contributed by atoms with Gasteiger partial charge in [0.1, 0.15) is 6.61 Å². The zero-order valence-electron chi connectivity index (χ0n) is 12.7. The number of ether oxygens (including phenoxy) is 1. The molecule has 0 saturated carbocycles. The Labute approximate surface area is 131 Å². The second-order valence-corrected chi connectivity index (χ2v) is 5.63. The molecular formula is C19H21NO2. The molecule has 0 amide bonds.